The quantitative estimate of drug-likeness (QED) is 0.707. The van der Waals surface area contributed by atoms with E-state index in [0.29, 0.717) is 28.4 Å². The first-order valence-electron chi connectivity index (χ1n) is 7.38. The second-order valence-electron chi connectivity index (χ2n) is 5.34. The van der Waals surface area contributed by atoms with Gasteiger partial charge in [-0.1, -0.05) is 23.5 Å². The number of benzene rings is 1. The molecule has 120 valence electrons. The van der Waals surface area contributed by atoms with Gasteiger partial charge in [-0.3, -0.25) is 14.3 Å². The first-order chi connectivity index (χ1) is 11.7. The van der Waals surface area contributed by atoms with Gasteiger partial charge in [-0.2, -0.15) is 0 Å². The molecule has 5 nitrogen and oxygen atoms in total. The van der Waals surface area contributed by atoms with Crippen molar-refractivity contribution >= 4 is 23.1 Å². The van der Waals surface area contributed by atoms with E-state index in [1.165, 1.54) is 23.5 Å². The smallest absolute Gasteiger partial charge is 0.271 e. The highest BCUT2D eigenvalue weighted by Gasteiger charge is 2.16. The Morgan fingerprint density at radius 1 is 1.21 bits per heavy atom. The number of hydrogen-bond acceptors (Lipinski definition) is 5. The molecule has 0 aliphatic carbocycles. The molecule has 0 spiro atoms. The Morgan fingerprint density at radius 3 is 2.92 bits per heavy atom. The van der Waals surface area contributed by atoms with E-state index in [1.54, 1.807) is 22.9 Å². The third-order valence-electron chi connectivity index (χ3n) is 3.72. The van der Waals surface area contributed by atoms with E-state index in [9.17, 15) is 9.18 Å². The molecule has 1 aliphatic heterocycles. The number of thiazole rings is 1. The minimum Gasteiger partial charge on any atom is -0.333 e. The highest BCUT2D eigenvalue weighted by Crippen LogP contribution is 2.16. The van der Waals surface area contributed by atoms with Gasteiger partial charge in [0, 0.05) is 11.9 Å². The van der Waals surface area contributed by atoms with Gasteiger partial charge >= 0.3 is 0 Å². The van der Waals surface area contributed by atoms with E-state index in [2.05, 4.69) is 9.98 Å². The van der Waals surface area contributed by atoms with Gasteiger partial charge in [0.05, 0.1) is 10.2 Å². The van der Waals surface area contributed by atoms with Crippen molar-refractivity contribution in [3.63, 3.8) is 0 Å². The molecule has 7 heteroatoms. The van der Waals surface area contributed by atoms with E-state index in [-0.39, 0.29) is 11.4 Å². The minimum atomic E-state index is -0.305. The van der Waals surface area contributed by atoms with Gasteiger partial charge in [0.1, 0.15) is 19.2 Å². The van der Waals surface area contributed by atoms with Crippen LogP contribution in [0.1, 0.15) is 5.69 Å². The van der Waals surface area contributed by atoms with Crippen LogP contribution in [0.3, 0.4) is 0 Å². The van der Waals surface area contributed by atoms with E-state index >= 15 is 0 Å². The summed E-state index contributed by atoms with van der Waals surface area (Å²) < 4.78 is 15.6. The van der Waals surface area contributed by atoms with Crippen LogP contribution in [-0.4, -0.2) is 16.2 Å². The van der Waals surface area contributed by atoms with Crippen LogP contribution in [0, 0.1) is 5.82 Å². The molecule has 3 aromatic rings. The summed E-state index contributed by atoms with van der Waals surface area (Å²) >= 11 is 1.34. The predicted octanol–water partition coefficient (Wildman–Crippen LogP) is 1.33. The molecule has 2 aromatic heterocycles. The van der Waals surface area contributed by atoms with Crippen LogP contribution in [0.25, 0.3) is 6.08 Å². The number of rotatable bonds is 2. The van der Waals surface area contributed by atoms with Crippen LogP contribution in [-0.2, 0) is 6.67 Å². The lowest BCUT2D eigenvalue weighted by atomic mass is 10.3. The van der Waals surface area contributed by atoms with E-state index in [4.69, 9.17) is 0 Å². The fourth-order valence-electron chi connectivity index (χ4n) is 2.54. The van der Waals surface area contributed by atoms with Gasteiger partial charge in [-0.25, -0.2) is 9.38 Å². The molecule has 1 aromatic carbocycles. The Morgan fingerprint density at radius 2 is 2.12 bits per heavy atom. The Bertz CT molecular complexity index is 1060. The van der Waals surface area contributed by atoms with Crippen LogP contribution in [0.5, 0.6) is 0 Å². The lowest BCUT2D eigenvalue weighted by Gasteiger charge is -2.25. The number of nitrogens with zero attached hydrogens (tertiary/aromatic N) is 4. The zero-order valence-corrected chi connectivity index (χ0v) is 13.4. The zero-order chi connectivity index (χ0) is 16.5. The molecule has 0 atom stereocenters. The number of aromatic nitrogens is 2. The summed E-state index contributed by atoms with van der Waals surface area (Å²) in [5.41, 5.74) is 1.33. The summed E-state index contributed by atoms with van der Waals surface area (Å²) in [7, 11) is 0. The normalized spacial score (nSPS) is 14.4. The highest BCUT2D eigenvalue weighted by molar-refractivity contribution is 7.07. The van der Waals surface area contributed by atoms with Crippen molar-refractivity contribution in [2.75, 3.05) is 11.6 Å². The van der Waals surface area contributed by atoms with Crippen molar-refractivity contribution in [1.82, 2.24) is 9.55 Å². The maximum Gasteiger partial charge on any atom is 0.271 e. The maximum absolute atomic E-state index is 13.4. The van der Waals surface area contributed by atoms with Crippen LogP contribution in [0.4, 0.5) is 10.1 Å². The van der Waals surface area contributed by atoms with Gasteiger partial charge in [0.15, 0.2) is 4.80 Å². The molecular formula is C17H13FN4OS. The first kappa shape index (κ1) is 14.8. The average molecular weight is 340 g/mol. The summed E-state index contributed by atoms with van der Waals surface area (Å²) in [4.78, 5) is 23.8. The largest absolute Gasteiger partial charge is 0.333 e. The standard InChI is InChI=1S/C17H13FN4OS/c18-12-4-3-6-14(8-12)21-10-20-17-22(11-21)16(23)15(24-17)9-13-5-1-2-7-19-13/h1-9H,10-11H2/b15-9-. The number of hydrogen-bond donors (Lipinski definition) is 0. The highest BCUT2D eigenvalue weighted by atomic mass is 32.1. The van der Waals surface area contributed by atoms with Crippen molar-refractivity contribution in [2.45, 2.75) is 6.67 Å². The molecule has 0 amide bonds. The molecule has 0 bridgehead atoms. The molecule has 0 saturated carbocycles. The lowest BCUT2D eigenvalue weighted by Crippen LogP contribution is -2.42. The maximum atomic E-state index is 13.4. The summed E-state index contributed by atoms with van der Waals surface area (Å²) in [5, 5.41) is 0. The molecule has 0 saturated heterocycles. The molecule has 0 unspecified atom stereocenters. The fraction of sp³-hybridized carbons (Fsp3) is 0.118. The van der Waals surface area contributed by atoms with Crippen molar-refractivity contribution in [1.29, 1.82) is 0 Å². The van der Waals surface area contributed by atoms with E-state index in [0.717, 1.165) is 5.69 Å². The lowest BCUT2D eigenvalue weighted by molar-refractivity contribution is 0.565. The molecule has 4 rings (SSSR count). The Kier molecular flexibility index (Phi) is 3.70. The summed E-state index contributed by atoms with van der Waals surface area (Å²) in [6.07, 6.45) is 3.45. The molecule has 24 heavy (non-hydrogen) atoms. The Balaban J connectivity index is 1.73. The van der Waals surface area contributed by atoms with E-state index in [1.807, 2.05) is 29.2 Å². The topological polar surface area (TPSA) is 50.5 Å². The van der Waals surface area contributed by atoms with Gasteiger partial charge in [-0.15, -0.1) is 0 Å². The second-order valence-corrected chi connectivity index (χ2v) is 6.35. The Labute approximate surface area is 140 Å². The predicted molar refractivity (Wildman–Crippen MR) is 90.9 cm³/mol. The van der Waals surface area contributed by atoms with Crippen LogP contribution in [0.15, 0.2) is 58.4 Å². The molecule has 3 heterocycles. The number of anilines is 1. The van der Waals surface area contributed by atoms with Crippen LogP contribution in [0.2, 0.25) is 0 Å². The molecule has 0 fully saturated rings. The monoisotopic (exact) mass is 340 g/mol. The van der Waals surface area contributed by atoms with Crippen molar-refractivity contribution in [3.8, 4) is 0 Å². The zero-order valence-electron chi connectivity index (χ0n) is 12.6. The van der Waals surface area contributed by atoms with Gasteiger partial charge < -0.3 is 4.90 Å². The van der Waals surface area contributed by atoms with E-state index < -0.39 is 0 Å². The average Bonchev–Trinajstić information content (AvgIpc) is 2.91. The molecule has 0 N–H and O–H groups in total. The van der Waals surface area contributed by atoms with Crippen molar-refractivity contribution in [2.24, 2.45) is 4.99 Å². The molecular weight excluding hydrogens is 327 g/mol. The van der Waals surface area contributed by atoms with Crippen molar-refractivity contribution < 1.29 is 4.39 Å². The van der Waals surface area contributed by atoms with Crippen LogP contribution < -0.4 is 19.8 Å². The molecule has 1 aliphatic rings. The Hall–Kier alpha value is -2.80. The fourth-order valence-corrected chi connectivity index (χ4v) is 3.49. The molecule has 0 radical (unpaired) electrons. The SMILES string of the molecule is O=c1/c(=C/c2ccccn2)sc2n1CN(c1cccc(F)c1)CN=2. The summed E-state index contributed by atoms with van der Waals surface area (Å²) in [5.74, 6) is -0.305. The van der Waals surface area contributed by atoms with Crippen LogP contribution >= 0.6 is 11.3 Å². The summed E-state index contributed by atoms with van der Waals surface area (Å²) in [6.45, 7) is 0.750. The third kappa shape index (κ3) is 2.74. The van der Waals surface area contributed by atoms with Gasteiger partial charge in [0.2, 0.25) is 0 Å². The minimum absolute atomic E-state index is 0.106. The van der Waals surface area contributed by atoms with Gasteiger partial charge in [-0.05, 0) is 36.4 Å². The number of halogens is 1. The van der Waals surface area contributed by atoms with Crippen molar-refractivity contribution in [3.05, 3.63) is 79.9 Å². The number of fused-ring (bicyclic) bond motifs is 1. The number of pyridine rings is 1. The first-order valence-corrected chi connectivity index (χ1v) is 8.20. The third-order valence-corrected chi connectivity index (χ3v) is 4.76. The van der Waals surface area contributed by atoms with Gasteiger partial charge in [0.25, 0.3) is 5.56 Å². The second kappa shape index (κ2) is 6.01. The summed E-state index contributed by atoms with van der Waals surface area (Å²) in [6, 6.07) is 11.8.